The number of hydrogen-bond donors (Lipinski definition) is 2. The lowest BCUT2D eigenvalue weighted by Gasteiger charge is -2.24. The number of nitrogens with zero attached hydrogens (tertiary/aromatic N) is 3. The molecule has 28 heavy (non-hydrogen) atoms. The molecule has 1 aromatic carbocycles. The molecule has 0 aromatic heterocycles. The van der Waals surface area contributed by atoms with Gasteiger partial charge in [-0.15, -0.1) is 0 Å². The number of amides is 1. The third kappa shape index (κ3) is 7.29. The maximum absolute atomic E-state index is 12.0. The number of nitrogens with one attached hydrogen (secondary N) is 2. The fourth-order valence-corrected chi connectivity index (χ4v) is 3.20. The van der Waals surface area contributed by atoms with E-state index in [1.807, 2.05) is 26.8 Å². The van der Waals surface area contributed by atoms with E-state index >= 15 is 0 Å². The Hall–Kier alpha value is -2.44. The SMILES string of the molecule is CN=C(NCCCN(C)c1ccccc1)N1CCC(NC(=O)OC(C)(C)C)C1. The predicted octanol–water partition coefficient (Wildman–Crippen LogP) is 2.69. The van der Waals surface area contributed by atoms with Crippen LogP contribution in [0.3, 0.4) is 0 Å². The van der Waals surface area contributed by atoms with Crippen LogP contribution in [0.2, 0.25) is 0 Å². The minimum atomic E-state index is -0.479. The van der Waals surface area contributed by atoms with Gasteiger partial charge in [-0.1, -0.05) is 18.2 Å². The van der Waals surface area contributed by atoms with Gasteiger partial charge in [-0.05, 0) is 45.7 Å². The molecule has 1 unspecified atom stereocenters. The van der Waals surface area contributed by atoms with E-state index in [4.69, 9.17) is 4.74 Å². The number of guanidine groups is 1. The molecule has 1 aromatic rings. The molecular formula is C21H35N5O2. The number of alkyl carbamates (subject to hydrolysis) is 1. The van der Waals surface area contributed by atoms with Crippen LogP contribution in [0.5, 0.6) is 0 Å². The quantitative estimate of drug-likeness (QED) is 0.445. The van der Waals surface area contributed by atoms with Gasteiger partial charge in [0.15, 0.2) is 5.96 Å². The number of likely N-dealkylation sites (tertiary alicyclic amines) is 1. The molecule has 7 nitrogen and oxygen atoms in total. The molecule has 0 saturated carbocycles. The summed E-state index contributed by atoms with van der Waals surface area (Å²) in [5.41, 5.74) is 0.745. The van der Waals surface area contributed by atoms with E-state index in [2.05, 4.69) is 56.7 Å². The van der Waals surface area contributed by atoms with Crippen LogP contribution in [0.15, 0.2) is 35.3 Å². The van der Waals surface area contributed by atoms with Crippen molar-refractivity contribution in [3.63, 3.8) is 0 Å². The topological polar surface area (TPSA) is 69.2 Å². The molecule has 2 rings (SSSR count). The highest BCUT2D eigenvalue weighted by atomic mass is 16.6. The summed E-state index contributed by atoms with van der Waals surface area (Å²) in [6.07, 6.45) is 1.54. The Bertz CT molecular complexity index is 642. The van der Waals surface area contributed by atoms with Gasteiger partial charge in [0.05, 0.1) is 6.04 Å². The van der Waals surface area contributed by atoms with Crippen LogP contribution >= 0.6 is 0 Å². The van der Waals surface area contributed by atoms with E-state index in [1.165, 1.54) is 5.69 Å². The smallest absolute Gasteiger partial charge is 0.407 e. The molecule has 156 valence electrons. The van der Waals surface area contributed by atoms with Crippen molar-refractivity contribution in [3.8, 4) is 0 Å². The van der Waals surface area contributed by atoms with Gasteiger partial charge in [-0.3, -0.25) is 4.99 Å². The van der Waals surface area contributed by atoms with Gasteiger partial charge in [0, 0.05) is 46.0 Å². The maximum atomic E-state index is 12.0. The molecule has 1 fully saturated rings. The van der Waals surface area contributed by atoms with Crippen LogP contribution in [-0.2, 0) is 4.74 Å². The van der Waals surface area contributed by atoms with Crippen molar-refractivity contribution in [2.75, 3.05) is 45.2 Å². The van der Waals surface area contributed by atoms with Crippen LogP contribution in [0.25, 0.3) is 0 Å². The summed E-state index contributed by atoms with van der Waals surface area (Å²) in [5.74, 6) is 0.885. The second-order valence-electron chi connectivity index (χ2n) is 8.16. The maximum Gasteiger partial charge on any atom is 0.407 e. The molecule has 1 amide bonds. The Morgan fingerprint density at radius 2 is 2.04 bits per heavy atom. The number of carbonyl (C=O) groups excluding carboxylic acids is 1. The second kappa shape index (κ2) is 10.2. The summed E-state index contributed by atoms with van der Waals surface area (Å²) in [7, 11) is 3.91. The molecule has 0 aliphatic carbocycles. The molecule has 1 aliphatic rings. The van der Waals surface area contributed by atoms with Gasteiger partial charge in [0.1, 0.15) is 5.60 Å². The van der Waals surface area contributed by atoms with Crippen molar-refractivity contribution in [2.45, 2.75) is 45.3 Å². The minimum Gasteiger partial charge on any atom is -0.444 e. The number of anilines is 1. The fourth-order valence-electron chi connectivity index (χ4n) is 3.20. The van der Waals surface area contributed by atoms with E-state index in [-0.39, 0.29) is 12.1 Å². The van der Waals surface area contributed by atoms with Crippen LogP contribution < -0.4 is 15.5 Å². The Balaban J connectivity index is 1.70. The average Bonchev–Trinajstić information content (AvgIpc) is 3.08. The molecular weight excluding hydrogens is 354 g/mol. The first-order valence-corrected chi connectivity index (χ1v) is 10.00. The van der Waals surface area contributed by atoms with Crippen LogP contribution in [-0.4, -0.2) is 68.9 Å². The highest BCUT2D eigenvalue weighted by molar-refractivity contribution is 5.80. The summed E-state index contributed by atoms with van der Waals surface area (Å²) < 4.78 is 5.34. The van der Waals surface area contributed by atoms with Crippen molar-refractivity contribution in [1.29, 1.82) is 0 Å². The number of benzene rings is 1. The zero-order valence-corrected chi connectivity index (χ0v) is 17.9. The zero-order valence-electron chi connectivity index (χ0n) is 17.9. The molecule has 0 bridgehead atoms. The first-order chi connectivity index (χ1) is 13.3. The first-order valence-electron chi connectivity index (χ1n) is 10.00. The number of aliphatic imine (C=N–C) groups is 1. The predicted molar refractivity (Wildman–Crippen MR) is 115 cm³/mol. The molecule has 0 spiro atoms. The van der Waals surface area contributed by atoms with Crippen LogP contribution in [0.1, 0.15) is 33.6 Å². The summed E-state index contributed by atoms with van der Waals surface area (Å²) >= 11 is 0. The molecule has 1 aliphatic heterocycles. The summed E-state index contributed by atoms with van der Waals surface area (Å²) in [5, 5.41) is 6.39. The number of carbonyl (C=O) groups is 1. The van der Waals surface area contributed by atoms with Crippen molar-refractivity contribution >= 4 is 17.7 Å². The van der Waals surface area contributed by atoms with E-state index in [1.54, 1.807) is 7.05 Å². The fraction of sp³-hybridized carbons (Fsp3) is 0.619. The molecule has 1 saturated heterocycles. The lowest BCUT2D eigenvalue weighted by atomic mass is 10.2. The number of rotatable bonds is 6. The standard InChI is InChI=1S/C21H35N5O2/c1-21(2,3)28-20(27)24-17-12-15-26(16-17)19(22-4)23-13-9-14-25(5)18-10-7-6-8-11-18/h6-8,10-11,17H,9,12-16H2,1-5H3,(H,22,23)(H,24,27). The monoisotopic (exact) mass is 389 g/mol. The van der Waals surface area contributed by atoms with Gasteiger partial charge in [0.25, 0.3) is 0 Å². The minimum absolute atomic E-state index is 0.0811. The molecule has 0 radical (unpaired) electrons. The zero-order chi connectivity index (χ0) is 20.6. The van der Waals surface area contributed by atoms with Crippen molar-refractivity contribution in [2.24, 2.45) is 4.99 Å². The molecule has 1 atom stereocenters. The van der Waals surface area contributed by atoms with Gasteiger partial charge in [-0.2, -0.15) is 0 Å². The third-order valence-corrected chi connectivity index (χ3v) is 4.57. The third-order valence-electron chi connectivity index (χ3n) is 4.57. The first kappa shape index (κ1) is 21.9. The van der Waals surface area contributed by atoms with Gasteiger partial charge < -0.3 is 25.2 Å². The van der Waals surface area contributed by atoms with Crippen molar-refractivity contribution < 1.29 is 9.53 Å². The summed E-state index contributed by atoms with van der Waals surface area (Å²) in [4.78, 5) is 20.8. The highest BCUT2D eigenvalue weighted by Crippen LogP contribution is 2.13. The Morgan fingerprint density at radius 1 is 1.32 bits per heavy atom. The molecule has 1 heterocycles. The van der Waals surface area contributed by atoms with Crippen LogP contribution in [0.4, 0.5) is 10.5 Å². The lowest BCUT2D eigenvalue weighted by molar-refractivity contribution is 0.0507. The Morgan fingerprint density at radius 3 is 2.68 bits per heavy atom. The van der Waals surface area contributed by atoms with Gasteiger partial charge in [0.2, 0.25) is 0 Å². The molecule has 7 heteroatoms. The van der Waals surface area contributed by atoms with Gasteiger partial charge >= 0.3 is 6.09 Å². The van der Waals surface area contributed by atoms with Crippen molar-refractivity contribution in [3.05, 3.63) is 30.3 Å². The summed E-state index contributed by atoms with van der Waals surface area (Å²) in [6, 6.07) is 10.5. The van der Waals surface area contributed by atoms with E-state index in [0.29, 0.717) is 0 Å². The highest BCUT2D eigenvalue weighted by Gasteiger charge is 2.27. The molecule has 2 N–H and O–H groups in total. The average molecular weight is 390 g/mol. The van der Waals surface area contributed by atoms with E-state index < -0.39 is 5.60 Å². The Labute approximate surface area is 169 Å². The van der Waals surface area contributed by atoms with Crippen LogP contribution in [0, 0.1) is 0 Å². The van der Waals surface area contributed by atoms with E-state index in [9.17, 15) is 4.79 Å². The lowest BCUT2D eigenvalue weighted by Crippen LogP contribution is -2.44. The number of para-hydroxylation sites is 1. The summed E-state index contributed by atoms with van der Waals surface area (Å²) in [6.45, 7) is 9.03. The van der Waals surface area contributed by atoms with Gasteiger partial charge in [-0.25, -0.2) is 4.79 Å². The number of ether oxygens (including phenoxy) is 1. The van der Waals surface area contributed by atoms with E-state index in [0.717, 1.165) is 45.0 Å². The second-order valence-corrected chi connectivity index (χ2v) is 8.16. The normalized spacial score (nSPS) is 17.4. The Kier molecular flexibility index (Phi) is 7.96. The van der Waals surface area contributed by atoms with Crippen molar-refractivity contribution in [1.82, 2.24) is 15.5 Å². The largest absolute Gasteiger partial charge is 0.444 e. The number of hydrogen-bond acceptors (Lipinski definition) is 4.